The Bertz CT molecular complexity index is 823. The van der Waals surface area contributed by atoms with Gasteiger partial charge in [0, 0.05) is 23.7 Å². The van der Waals surface area contributed by atoms with E-state index >= 15 is 0 Å². The molecule has 2 amide bonds. The summed E-state index contributed by atoms with van der Waals surface area (Å²) in [6.07, 6.45) is 2.87. The van der Waals surface area contributed by atoms with Crippen molar-refractivity contribution in [1.29, 1.82) is 0 Å². The van der Waals surface area contributed by atoms with Gasteiger partial charge in [-0.05, 0) is 43.2 Å². The number of hydrogen-bond donors (Lipinski definition) is 1. The van der Waals surface area contributed by atoms with Crippen LogP contribution in [0.5, 0.6) is 0 Å². The molecule has 0 unspecified atom stereocenters. The minimum Gasteiger partial charge on any atom is -0.467 e. The van der Waals surface area contributed by atoms with Crippen LogP contribution in [0, 0.1) is 5.92 Å². The summed E-state index contributed by atoms with van der Waals surface area (Å²) < 4.78 is 11.1. The number of piperidine rings is 1. The number of nitrogens with one attached hydrogen (secondary N) is 1. The molecule has 7 heteroatoms. The lowest BCUT2D eigenvalue weighted by atomic mass is 9.88. The molecule has 2 saturated heterocycles. The second-order valence-electron chi connectivity index (χ2n) is 6.96. The second kappa shape index (κ2) is 7.74. The van der Waals surface area contributed by atoms with E-state index in [1.165, 1.54) is 0 Å². The predicted molar refractivity (Wildman–Crippen MR) is 99.3 cm³/mol. The molecule has 1 aromatic heterocycles. The summed E-state index contributed by atoms with van der Waals surface area (Å²) in [5, 5.41) is 3.41. The highest BCUT2D eigenvalue weighted by Gasteiger charge is 2.44. The lowest BCUT2D eigenvalue weighted by molar-refractivity contribution is -0.129. The largest absolute Gasteiger partial charge is 0.467 e. The molecule has 27 heavy (non-hydrogen) atoms. The van der Waals surface area contributed by atoms with Crippen molar-refractivity contribution >= 4 is 23.4 Å². The fraction of sp³-hybridized carbons (Fsp3) is 0.400. The predicted octanol–water partition coefficient (Wildman–Crippen LogP) is 2.87. The van der Waals surface area contributed by atoms with Gasteiger partial charge in [0.25, 0.3) is 5.91 Å². The maximum atomic E-state index is 13.1. The number of ether oxygens (including phenoxy) is 1. The SMILES string of the molecule is O=C(NCc1ccco1)[C@H]1C[C@H]2OCC[C@H]2N(C(=O)c2cccc(Cl)c2)C1. The molecule has 0 radical (unpaired) electrons. The van der Waals surface area contributed by atoms with Crippen molar-refractivity contribution in [3.8, 4) is 0 Å². The normalized spacial score (nSPS) is 24.5. The standard InChI is InChI=1S/C20H21ClN2O4/c21-15-4-1-3-13(9-15)20(25)23-12-14(10-18-17(23)6-8-27-18)19(24)22-11-16-5-2-7-26-16/h1-5,7,9,14,17-18H,6,8,10-12H2,(H,22,24)/t14-,17+,18+/m0/s1. The molecule has 0 saturated carbocycles. The molecule has 142 valence electrons. The lowest BCUT2D eigenvalue weighted by Crippen LogP contribution is -2.54. The molecule has 2 aliphatic heterocycles. The molecule has 1 aromatic carbocycles. The van der Waals surface area contributed by atoms with Gasteiger partial charge < -0.3 is 19.4 Å². The van der Waals surface area contributed by atoms with Crippen LogP contribution in [-0.4, -0.2) is 42.0 Å². The number of likely N-dealkylation sites (tertiary alicyclic amines) is 1. The molecule has 1 N–H and O–H groups in total. The first-order valence-electron chi connectivity index (χ1n) is 9.10. The van der Waals surface area contributed by atoms with Crippen LogP contribution in [-0.2, 0) is 16.1 Å². The van der Waals surface area contributed by atoms with Gasteiger partial charge in [-0.15, -0.1) is 0 Å². The third-order valence-electron chi connectivity index (χ3n) is 5.23. The van der Waals surface area contributed by atoms with E-state index < -0.39 is 0 Å². The van der Waals surface area contributed by atoms with Crippen LogP contribution in [0.15, 0.2) is 47.1 Å². The van der Waals surface area contributed by atoms with E-state index in [9.17, 15) is 9.59 Å². The van der Waals surface area contributed by atoms with Crippen LogP contribution in [0.3, 0.4) is 0 Å². The van der Waals surface area contributed by atoms with Gasteiger partial charge in [-0.25, -0.2) is 0 Å². The Morgan fingerprint density at radius 2 is 2.15 bits per heavy atom. The van der Waals surface area contributed by atoms with Gasteiger partial charge in [-0.1, -0.05) is 17.7 Å². The topological polar surface area (TPSA) is 71.8 Å². The third kappa shape index (κ3) is 3.87. The van der Waals surface area contributed by atoms with Gasteiger partial charge in [-0.3, -0.25) is 9.59 Å². The Morgan fingerprint density at radius 3 is 2.93 bits per heavy atom. The fourth-order valence-corrected chi connectivity index (χ4v) is 4.08. The van der Waals surface area contributed by atoms with Gasteiger partial charge in [0.2, 0.25) is 5.91 Å². The number of benzene rings is 1. The van der Waals surface area contributed by atoms with Crippen molar-refractivity contribution in [3.63, 3.8) is 0 Å². The summed E-state index contributed by atoms with van der Waals surface area (Å²) in [6.45, 7) is 1.31. The molecule has 3 atom stereocenters. The summed E-state index contributed by atoms with van der Waals surface area (Å²) in [5.74, 6) is 0.175. The number of hydrogen-bond acceptors (Lipinski definition) is 4. The van der Waals surface area contributed by atoms with Crippen molar-refractivity contribution in [2.24, 2.45) is 5.92 Å². The van der Waals surface area contributed by atoms with E-state index in [1.807, 2.05) is 6.07 Å². The summed E-state index contributed by atoms with van der Waals surface area (Å²) in [4.78, 5) is 27.5. The maximum Gasteiger partial charge on any atom is 0.254 e. The number of rotatable bonds is 4. The van der Waals surface area contributed by atoms with Crippen LogP contribution < -0.4 is 5.32 Å². The van der Waals surface area contributed by atoms with Gasteiger partial charge in [0.15, 0.2) is 0 Å². The van der Waals surface area contributed by atoms with E-state index in [0.29, 0.717) is 42.5 Å². The molecule has 0 spiro atoms. The van der Waals surface area contributed by atoms with Gasteiger partial charge in [-0.2, -0.15) is 0 Å². The molecule has 4 rings (SSSR count). The lowest BCUT2D eigenvalue weighted by Gasteiger charge is -2.40. The van der Waals surface area contributed by atoms with E-state index in [0.717, 1.165) is 6.42 Å². The molecule has 0 bridgehead atoms. The van der Waals surface area contributed by atoms with Crippen LogP contribution in [0.4, 0.5) is 0 Å². The van der Waals surface area contributed by atoms with E-state index in [-0.39, 0.29) is 29.9 Å². The quantitative estimate of drug-likeness (QED) is 0.874. The smallest absolute Gasteiger partial charge is 0.254 e. The van der Waals surface area contributed by atoms with Crippen molar-refractivity contribution in [2.45, 2.75) is 31.5 Å². The first-order valence-corrected chi connectivity index (χ1v) is 9.48. The number of amides is 2. The molecular formula is C20H21ClN2O4. The summed E-state index contributed by atoms with van der Waals surface area (Å²) >= 11 is 6.04. The Kier molecular flexibility index (Phi) is 5.18. The zero-order valence-corrected chi connectivity index (χ0v) is 15.5. The highest BCUT2D eigenvalue weighted by molar-refractivity contribution is 6.30. The number of fused-ring (bicyclic) bond motifs is 1. The molecule has 2 aliphatic rings. The summed E-state index contributed by atoms with van der Waals surface area (Å²) in [6, 6.07) is 10.5. The van der Waals surface area contributed by atoms with Crippen molar-refractivity contribution in [3.05, 3.63) is 59.0 Å². The zero-order valence-electron chi connectivity index (χ0n) is 14.8. The Morgan fingerprint density at radius 1 is 1.26 bits per heavy atom. The van der Waals surface area contributed by atoms with Crippen LogP contribution in [0.1, 0.15) is 29.0 Å². The van der Waals surface area contributed by atoms with Crippen LogP contribution in [0.2, 0.25) is 5.02 Å². The minimum atomic E-state index is -0.317. The first kappa shape index (κ1) is 18.1. The summed E-state index contributed by atoms with van der Waals surface area (Å²) in [5.41, 5.74) is 0.532. The zero-order chi connectivity index (χ0) is 18.8. The number of furan rings is 1. The number of carbonyl (C=O) groups excluding carboxylic acids is 2. The molecule has 2 fully saturated rings. The van der Waals surface area contributed by atoms with E-state index in [2.05, 4.69) is 5.32 Å². The Balaban J connectivity index is 1.48. The highest BCUT2D eigenvalue weighted by Crippen LogP contribution is 2.32. The molecule has 6 nitrogen and oxygen atoms in total. The van der Waals surface area contributed by atoms with Crippen LogP contribution >= 0.6 is 11.6 Å². The molecule has 2 aromatic rings. The van der Waals surface area contributed by atoms with Gasteiger partial charge >= 0.3 is 0 Å². The van der Waals surface area contributed by atoms with E-state index in [4.69, 9.17) is 20.8 Å². The van der Waals surface area contributed by atoms with Crippen molar-refractivity contribution in [2.75, 3.05) is 13.2 Å². The number of carbonyl (C=O) groups is 2. The third-order valence-corrected chi connectivity index (χ3v) is 5.46. The Hall–Kier alpha value is -2.31. The van der Waals surface area contributed by atoms with Crippen molar-refractivity contribution < 1.29 is 18.7 Å². The minimum absolute atomic E-state index is 0.00519. The average Bonchev–Trinajstić information content (AvgIpc) is 3.36. The number of nitrogens with zero attached hydrogens (tertiary/aromatic N) is 1. The summed E-state index contributed by atoms with van der Waals surface area (Å²) in [7, 11) is 0. The van der Waals surface area contributed by atoms with Crippen LogP contribution in [0.25, 0.3) is 0 Å². The second-order valence-corrected chi connectivity index (χ2v) is 7.40. The van der Waals surface area contributed by atoms with Gasteiger partial charge in [0.1, 0.15) is 5.76 Å². The first-order chi connectivity index (χ1) is 13.1. The number of halogens is 1. The molecule has 0 aliphatic carbocycles. The van der Waals surface area contributed by atoms with E-state index in [1.54, 1.807) is 41.5 Å². The molecular weight excluding hydrogens is 368 g/mol. The Labute approximate surface area is 162 Å². The van der Waals surface area contributed by atoms with Gasteiger partial charge in [0.05, 0.1) is 30.9 Å². The average molecular weight is 389 g/mol. The van der Waals surface area contributed by atoms with Crippen molar-refractivity contribution in [1.82, 2.24) is 10.2 Å². The monoisotopic (exact) mass is 388 g/mol. The molecule has 3 heterocycles. The maximum absolute atomic E-state index is 13.1. The highest BCUT2D eigenvalue weighted by atomic mass is 35.5. The fourth-order valence-electron chi connectivity index (χ4n) is 3.89.